The van der Waals surface area contributed by atoms with Crippen molar-refractivity contribution in [1.29, 1.82) is 0 Å². The van der Waals surface area contributed by atoms with E-state index in [1.54, 1.807) is 0 Å². The van der Waals surface area contributed by atoms with Gasteiger partial charge in [0.25, 0.3) is 0 Å². The molecule has 49 nitrogen and oxygen atoms in total. The van der Waals surface area contributed by atoms with Crippen molar-refractivity contribution < 1.29 is 208 Å². The fraction of sp³-hybridized carbons (Fsp3) is 0.711. The third-order valence-corrected chi connectivity index (χ3v) is 20.6. The molecular weight excluding hydrogens is 1940 g/mol. The van der Waals surface area contributed by atoms with E-state index >= 15 is 0 Å². The third-order valence-electron chi connectivity index (χ3n) is 20.6. The molecular formula is C90H133F5N10O39. The van der Waals surface area contributed by atoms with Gasteiger partial charge in [0.15, 0.2) is 55.5 Å². The van der Waals surface area contributed by atoms with Gasteiger partial charge in [-0.25, -0.2) is 13.2 Å². The highest BCUT2D eigenvalue weighted by molar-refractivity contribution is 5.81. The third kappa shape index (κ3) is 49.0. The number of rotatable bonds is 66. The maximum absolute atomic E-state index is 14.5. The largest absolute Gasteiger partial charge is 0.463 e. The van der Waals surface area contributed by atoms with Crippen molar-refractivity contribution in [3.05, 3.63) is 29.1 Å². The lowest BCUT2D eigenvalue weighted by Gasteiger charge is -2.44. The van der Waals surface area contributed by atoms with Crippen LogP contribution >= 0.6 is 0 Å². The lowest BCUT2D eigenvalue weighted by Crippen LogP contribution is -2.66. The zero-order valence-electron chi connectivity index (χ0n) is 82.4. The highest BCUT2D eigenvalue weighted by atomic mass is 19.2. The van der Waals surface area contributed by atoms with E-state index in [2.05, 4.69) is 57.9 Å². The number of unbranched alkanes of at least 4 members (excludes halogenated alkanes) is 3. The van der Waals surface area contributed by atoms with E-state index in [0.717, 1.165) is 62.3 Å². The smallest absolute Gasteiger partial charge is 0.311 e. The molecule has 144 heavy (non-hydrogen) atoms. The van der Waals surface area contributed by atoms with E-state index in [0.29, 0.717) is 0 Å². The van der Waals surface area contributed by atoms with Crippen molar-refractivity contribution in [1.82, 2.24) is 53.2 Å². The first-order valence-electron chi connectivity index (χ1n) is 46.6. The molecule has 0 aromatic heterocycles. The predicted octanol–water partition coefficient (Wildman–Crippen LogP) is -0.0706. The number of esters is 10. The number of amides is 10. The summed E-state index contributed by atoms with van der Waals surface area (Å²) in [5.41, 5.74) is -1.82. The van der Waals surface area contributed by atoms with Gasteiger partial charge >= 0.3 is 59.7 Å². The van der Waals surface area contributed by atoms with Gasteiger partial charge in [-0.05, 0) is 64.2 Å². The number of carbonyl (C=O) groups excluding carboxylic acids is 20. The minimum atomic E-state index is -2.53. The summed E-state index contributed by atoms with van der Waals surface area (Å²) < 4.78 is 177. The number of hydrogen-bond acceptors (Lipinski definition) is 39. The Morgan fingerprint density at radius 1 is 0.278 bits per heavy atom. The first-order valence-corrected chi connectivity index (χ1v) is 46.6. The van der Waals surface area contributed by atoms with Gasteiger partial charge in [0.2, 0.25) is 93.9 Å². The van der Waals surface area contributed by atoms with Gasteiger partial charge in [-0.2, -0.15) is 8.78 Å². The highest BCUT2D eigenvalue weighted by Crippen LogP contribution is 2.34. The quantitative estimate of drug-likeness (QED) is 0.00776. The van der Waals surface area contributed by atoms with E-state index in [4.69, 9.17) is 85.3 Å². The van der Waals surface area contributed by atoms with Crippen molar-refractivity contribution in [2.45, 2.75) is 296 Å². The summed E-state index contributed by atoms with van der Waals surface area (Å²) in [6, 6.07) is -3.65. The molecule has 0 saturated carbocycles. The lowest BCUT2D eigenvalue weighted by molar-refractivity contribution is -0.277. The molecule has 10 N–H and O–H groups in total. The molecule has 3 heterocycles. The predicted molar refractivity (Wildman–Crippen MR) is 476 cm³/mol. The Balaban J connectivity index is 1.41. The fourth-order valence-corrected chi connectivity index (χ4v) is 14.3. The molecule has 10 amide bonds. The summed E-state index contributed by atoms with van der Waals surface area (Å²) in [4.78, 5) is 251. The van der Waals surface area contributed by atoms with Crippen LogP contribution in [-0.4, -0.2) is 335 Å². The molecule has 0 unspecified atom stereocenters. The molecule has 3 aliphatic heterocycles. The number of halogens is 5. The normalized spacial score (nSPS) is 20.6. The van der Waals surface area contributed by atoms with Gasteiger partial charge < -0.3 is 143 Å². The second-order valence-corrected chi connectivity index (χ2v) is 33.3. The standard InChI is InChI=1S/C90H133F5N10O39/c1-49(106)102-77-84(138-58(10)115)80(135-55(7)112)61(43-132-52(4)109)141-87(77)129-37-16-13-23-64(118)96-31-20-34-99-67(121)28-40-126-46-90(105-70(124)26-19-27-71(125)144-83-75(94)73(92)72(91)74(93)76(83)95,47-127-41-29-68(122)100-35-21-32-97-65(119)24-14-17-38-130-88-78(103-50(2)107)85(139-59(11)116)81(136-56(8)113)62(142-88)44-133-53(5)110)48-128-42-30-69(123)101-36-22-33-98-66(120)25-15-18-39-131-89-79(104-51(3)108)86(140-60(12)117)82(137-57(9)114)63(143-89)45-134-54(6)111/h61-63,77-82,84-89H,13-48H2,1-12H3,(H,96,118)(H,97,119)(H,98,120)(H,99,121)(H,100,122)(H,101,123)(H,102,106)(H,103,107)(H,104,108)(H,105,124)/t61-,62-,63-,77-,78-,79-,80+,81+,82+,84-,85-,86-,87-,88-,89-/m1/s1. The molecule has 4 rings (SSSR count). The lowest BCUT2D eigenvalue weighted by atomic mass is 9.96. The van der Waals surface area contributed by atoms with Crippen molar-refractivity contribution in [2.24, 2.45) is 0 Å². The van der Waals surface area contributed by atoms with Crippen molar-refractivity contribution in [3.63, 3.8) is 0 Å². The van der Waals surface area contributed by atoms with Gasteiger partial charge in [0.05, 0.1) is 39.6 Å². The maximum atomic E-state index is 14.5. The first-order chi connectivity index (χ1) is 68.2. The second-order valence-electron chi connectivity index (χ2n) is 33.3. The van der Waals surface area contributed by atoms with Crippen molar-refractivity contribution in [3.8, 4) is 5.75 Å². The van der Waals surface area contributed by atoms with Crippen LogP contribution in [-0.2, 0) is 181 Å². The van der Waals surface area contributed by atoms with Crippen LogP contribution in [0.25, 0.3) is 0 Å². The minimum absolute atomic E-state index is 0.00244. The summed E-state index contributed by atoms with van der Waals surface area (Å²) in [5, 5.41) is 26.7. The number of hydrogen-bond donors (Lipinski definition) is 10. The first kappa shape index (κ1) is 124. The molecule has 0 radical (unpaired) electrons. The molecule has 1 aromatic rings. The maximum Gasteiger partial charge on any atom is 0.311 e. The Bertz CT molecular complexity index is 4070. The number of nitrogens with one attached hydrogen (secondary N) is 10. The summed E-state index contributed by atoms with van der Waals surface area (Å²) in [6.45, 7) is 9.50. The van der Waals surface area contributed by atoms with Crippen LogP contribution in [0.2, 0.25) is 0 Å². The van der Waals surface area contributed by atoms with E-state index in [1.165, 1.54) is 20.8 Å². The van der Waals surface area contributed by atoms with Gasteiger partial charge in [0.1, 0.15) is 61.8 Å². The van der Waals surface area contributed by atoms with Gasteiger partial charge in [-0.1, -0.05) is 0 Å². The Hall–Kier alpha value is -12.1. The van der Waals surface area contributed by atoms with Gasteiger partial charge in [-0.15, -0.1) is 0 Å². The molecule has 1 aromatic carbocycles. The van der Waals surface area contributed by atoms with Gasteiger partial charge in [-0.3, -0.25) is 95.9 Å². The van der Waals surface area contributed by atoms with Crippen LogP contribution in [0.1, 0.15) is 199 Å². The molecule has 54 heteroatoms. The summed E-state index contributed by atoms with van der Waals surface area (Å²) in [7, 11) is 0. The van der Waals surface area contributed by atoms with Crippen molar-refractivity contribution in [2.75, 3.05) is 119 Å². The topological polar surface area (TPSA) is 637 Å². The monoisotopic (exact) mass is 2070 g/mol. The number of carbonyl (C=O) groups is 20. The van der Waals surface area contributed by atoms with Crippen LogP contribution in [0.5, 0.6) is 5.75 Å². The zero-order chi connectivity index (χ0) is 107. The van der Waals surface area contributed by atoms with Crippen LogP contribution < -0.4 is 57.9 Å². The summed E-state index contributed by atoms with van der Waals surface area (Å²) in [5.74, 6) is -28.1. The van der Waals surface area contributed by atoms with Crippen LogP contribution in [0.15, 0.2) is 0 Å². The van der Waals surface area contributed by atoms with E-state index in [9.17, 15) is 118 Å². The molecule has 3 fully saturated rings. The fourth-order valence-electron chi connectivity index (χ4n) is 14.3. The van der Waals surface area contributed by atoms with E-state index < -0.39 is 292 Å². The van der Waals surface area contributed by atoms with Gasteiger partial charge in [0, 0.05) is 194 Å². The van der Waals surface area contributed by atoms with Crippen LogP contribution in [0.3, 0.4) is 0 Å². The molecule has 0 spiro atoms. The molecule has 0 bridgehead atoms. The van der Waals surface area contributed by atoms with Crippen LogP contribution in [0, 0.1) is 29.1 Å². The highest BCUT2D eigenvalue weighted by Gasteiger charge is 2.55. The molecule has 812 valence electrons. The summed E-state index contributed by atoms with van der Waals surface area (Å²) in [6.07, 6.45) is -16.4. The number of benzene rings is 1. The molecule has 3 aliphatic rings. The molecule has 3 saturated heterocycles. The Morgan fingerprint density at radius 2 is 0.528 bits per heavy atom. The zero-order valence-corrected chi connectivity index (χ0v) is 82.4. The van der Waals surface area contributed by atoms with E-state index in [1.807, 2.05) is 0 Å². The molecule has 0 aliphatic carbocycles. The Kier molecular flexibility index (Phi) is 57.6. The molecule has 15 atom stereocenters. The minimum Gasteiger partial charge on any atom is -0.463 e. The van der Waals surface area contributed by atoms with E-state index in [-0.39, 0.29) is 193 Å². The second kappa shape index (κ2) is 66.8. The number of ether oxygens (including phenoxy) is 19. The van der Waals surface area contributed by atoms with Crippen LogP contribution in [0.4, 0.5) is 22.0 Å². The average molecular weight is 2070 g/mol. The van der Waals surface area contributed by atoms with Crippen molar-refractivity contribution >= 4 is 119 Å². The SMILES string of the molecule is CC(=O)N[C@H]1[C@H](OCCCCC(=O)NCCCNC(=O)CCOCC(COCCC(=O)NCCCNC(=O)CCCCO[C@@H]2O[C@H](COC(C)=O)[C@H](OC(C)=O)[C@H](OC(C)=O)[C@H]2NC(C)=O)(COCCC(=O)NCCCNC(=O)CCCCO[C@@H]2O[C@H](COC(C)=O)[C@H](OC(C)=O)[C@H](OC(C)=O)[C@H]2NC(C)=O)NC(=O)CCCC(=O)Oc2c(F)c(F)c(F)c(F)c2F)O[C@H](COC(C)=O)[C@H](OC(C)=O)[C@@H]1OC(C)=O. The average Bonchev–Trinajstić information content (AvgIpc) is 0.805. The summed E-state index contributed by atoms with van der Waals surface area (Å²) >= 11 is 0. The Morgan fingerprint density at radius 3 is 0.785 bits per heavy atom. The Labute approximate surface area is 826 Å².